The van der Waals surface area contributed by atoms with Gasteiger partial charge in [-0.15, -0.1) is 0 Å². The third kappa shape index (κ3) is 6.24. The lowest BCUT2D eigenvalue weighted by atomic mass is 9.86. The average molecular weight is 399 g/mol. The first kappa shape index (κ1) is 22.3. The van der Waals surface area contributed by atoms with Gasteiger partial charge in [-0.25, -0.2) is 4.79 Å². The molecule has 0 radical (unpaired) electrons. The Kier molecular flexibility index (Phi) is 6.57. The summed E-state index contributed by atoms with van der Waals surface area (Å²) in [5, 5.41) is 6.02. The zero-order valence-electron chi connectivity index (χ0n) is 18.2. The summed E-state index contributed by atoms with van der Waals surface area (Å²) in [6, 6.07) is 12.5. The Hall–Kier alpha value is -3.02. The Balaban J connectivity index is 2.39. The SMILES string of the molecule is COc1ccc(C(=O)C(C)(C)C)c(Nc2ccccc2NC(=O)OC(C)(C)C)c1. The van der Waals surface area contributed by atoms with E-state index in [0.29, 0.717) is 28.4 Å². The van der Waals surface area contributed by atoms with E-state index in [9.17, 15) is 9.59 Å². The smallest absolute Gasteiger partial charge is 0.412 e. The van der Waals surface area contributed by atoms with Gasteiger partial charge in [-0.1, -0.05) is 32.9 Å². The Labute approximate surface area is 172 Å². The maximum Gasteiger partial charge on any atom is 0.412 e. The van der Waals surface area contributed by atoms with Gasteiger partial charge >= 0.3 is 6.09 Å². The maximum atomic E-state index is 12.9. The van der Waals surface area contributed by atoms with Crippen LogP contribution in [0.3, 0.4) is 0 Å². The van der Waals surface area contributed by atoms with Crippen LogP contribution in [0.5, 0.6) is 5.75 Å². The maximum absolute atomic E-state index is 12.9. The van der Waals surface area contributed by atoms with Crippen molar-refractivity contribution in [3.63, 3.8) is 0 Å². The van der Waals surface area contributed by atoms with Crippen molar-refractivity contribution in [2.24, 2.45) is 5.41 Å². The molecule has 0 unspecified atom stereocenters. The fourth-order valence-corrected chi connectivity index (χ4v) is 2.62. The molecule has 0 saturated heterocycles. The molecule has 0 spiro atoms. The highest BCUT2D eigenvalue weighted by atomic mass is 16.6. The van der Waals surface area contributed by atoms with E-state index in [1.807, 2.05) is 39.0 Å². The van der Waals surface area contributed by atoms with E-state index in [4.69, 9.17) is 9.47 Å². The number of anilines is 3. The molecule has 0 fully saturated rings. The molecule has 0 aliphatic rings. The molecule has 2 aromatic rings. The number of ether oxygens (including phenoxy) is 2. The first-order valence-electron chi connectivity index (χ1n) is 9.49. The second-order valence-corrected chi connectivity index (χ2v) is 8.79. The highest BCUT2D eigenvalue weighted by molar-refractivity contribution is 6.05. The number of para-hydroxylation sites is 2. The molecule has 2 rings (SSSR count). The van der Waals surface area contributed by atoms with Crippen LogP contribution in [0.25, 0.3) is 0 Å². The molecular formula is C23H30N2O4. The highest BCUT2D eigenvalue weighted by Crippen LogP contribution is 2.33. The van der Waals surface area contributed by atoms with Crippen LogP contribution in [-0.4, -0.2) is 24.6 Å². The number of carbonyl (C=O) groups is 2. The Morgan fingerprint density at radius 1 is 0.862 bits per heavy atom. The molecule has 0 aliphatic carbocycles. The number of Topliss-reactive ketones (excluding diaryl/α,β-unsaturated/α-hetero) is 1. The summed E-state index contributed by atoms with van der Waals surface area (Å²) < 4.78 is 10.7. The van der Waals surface area contributed by atoms with E-state index in [-0.39, 0.29) is 5.78 Å². The molecule has 0 aliphatic heterocycles. The minimum atomic E-state index is -0.606. The van der Waals surface area contributed by atoms with Crippen LogP contribution < -0.4 is 15.4 Å². The van der Waals surface area contributed by atoms with E-state index in [0.717, 1.165) is 0 Å². The fourth-order valence-electron chi connectivity index (χ4n) is 2.62. The molecule has 0 atom stereocenters. The van der Waals surface area contributed by atoms with Crippen molar-refractivity contribution in [1.29, 1.82) is 0 Å². The largest absolute Gasteiger partial charge is 0.497 e. The van der Waals surface area contributed by atoms with Gasteiger partial charge in [0.1, 0.15) is 11.4 Å². The van der Waals surface area contributed by atoms with E-state index < -0.39 is 17.1 Å². The first-order chi connectivity index (χ1) is 13.4. The molecule has 6 heteroatoms. The molecule has 0 saturated carbocycles. The first-order valence-corrected chi connectivity index (χ1v) is 9.49. The van der Waals surface area contributed by atoms with Gasteiger partial charge in [-0.05, 0) is 45.0 Å². The molecule has 2 aromatic carbocycles. The number of rotatable bonds is 5. The topological polar surface area (TPSA) is 76.7 Å². The van der Waals surface area contributed by atoms with Crippen LogP contribution in [0.15, 0.2) is 42.5 Å². The van der Waals surface area contributed by atoms with Gasteiger partial charge in [0.25, 0.3) is 0 Å². The molecule has 0 bridgehead atoms. The summed E-state index contributed by atoms with van der Waals surface area (Å²) in [5.74, 6) is 0.621. The van der Waals surface area contributed by atoms with Gasteiger partial charge in [0, 0.05) is 17.0 Å². The minimum absolute atomic E-state index is 0.000218. The van der Waals surface area contributed by atoms with Crippen LogP contribution in [0.4, 0.5) is 21.9 Å². The standard InChI is InChI=1S/C23H30N2O4/c1-22(2,3)20(26)16-13-12-15(28-7)14-19(16)24-17-10-8-9-11-18(17)25-21(27)29-23(4,5)6/h8-14,24H,1-7H3,(H,25,27). The van der Waals surface area contributed by atoms with Crippen molar-refractivity contribution in [2.45, 2.75) is 47.1 Å². The van der Waals surface area contributed by atoms with Gasteiger partial charge in [0.2, 0.25) is 0 Å². The summed E-state index contributed by atoms with van der Waals surface area (Å²) in [5.41, 5.74) is 1.17. The Morgan fingerprint density at radius 2 is 1.48 bits per heavy atom. The minimum Gasteiger partial charge on any atom is -0.497 e. The summed E-state index contributed by atoms with van der Waals surface area (Å²) in [7, 11) is 1.57. The predicted octanol–water partition coefficient (Wildman–Crippen LogP) is 6.01. The lowest BCUT2D eigenvalue weighted by molar-refractivity contribution is 0.0635. The number of benzene rings is 2. The van der Waals surface area contributed by atoms with E-state index in [1.54, 1.807) is 52.1 Å². The lowest BCUT2D eigenvalue weighted by Crippen LogP contribution is -2.27. The molecule has 2 N–H and O–H groups in total. The summed E-state index contributed by atoms with van der Waals surface area (Å²) in [4.78, 5) is 25.1. The molecule has 0 aromatic heterocycles. The Morgan fingerprint density at radius 3 is 2.03 bits per heavy atom. The van der Waals surface area contributed by atoms with E-state index in [1.165, 1.54) is 0 Å². The normalized spacial score (nSPS) is 11.6. The third-order valence-corrected chi connectivity index (χ3v) is 3.98. The third-order valence-electron chi connectivity index (χ3n) is 3.98. The van der Waals surface area contributed by atoms with Gasteiger partial charge in [0.15, 0.2) is 5.78 Å². The summed E-state index contributed by atoms with van der Waals surface area (Å²) in [6.07, 6.45) is -0.552. The van der Waals surface area contributed by atoms with Gasteiger partial charge in [-0.2, -0.15) is 0 Å². The fraction of sp³-hybridized carbons (Fsp3) is 0.391. The molecule has 6 nitrogen and oxygen atoms in total. The number of amides is 1. The van der Waals surface area contributed by atoms with Crippen molar-refractivity contribution >= 4 is 28.9 Å². The van der Waals surface area contributed by atoms with Crippen molar-refractivity contribution in [3.8, 4) is 5.75 Å². The van der Waals surface area contributed by atoms with Crippen molar-refractivity contribution < 1.29 is 19.1 Å². The van der Waals surface area contributed by atoms with Gasteiger partial charge in [-0.3, -0.25) is 10.1 Å². The molecular weight excluding hydrogens is 368 g/mol. The quantitative estimate of drug-likeness (QED) is 0.603. The van der Waals surface area contributed by atoms with Crippen LogP contribution in [0.2, 0.25) is 0 Å². The van der Waals surface area contributed by atoms with Crippen molar-refractivity contribution in [3.05, 3.63) is 48.0 Å². The van der Waals surface area contributed by atoms with E-state index in [2.05, 4.69) is 10.6 Å². The molecule has 156 valence electrons. The summed E-state index contributed by atoms with van der Waals surface area (Å²) >= 11 is 0. The molecule has 0 heterocycles. The van der Waals surface area contributed by atoms with Gasteiger partial charge in [0.05, 0.1) is 24.2 Å². The highest BCUT2D eigenvalue weighted by Gasteiger charge is 2.26. The predicted molar refractivity (Wildman–Crippen MR) is 116 cm³/mol. The number of hydrogen-bond acceptors (Lipinski definition) is 5. The lowest BCUT2D eigenvalue weighted by Gasteiger charge is -2.22. The summed E-state index contributed by atoms with van der Waals surface area (Å²) in [6.45, 7) is 11.0. The zero-order chi connectivity index (χ0) is 21.8. The zero-order valence-corrected chi connectivity index (χ0v) is 18.2. The van der Waals surface area contributed by atoms with Gasteiger partial charge < -0.3 is 14.8 Å². The second kappa shape index (κ2) is 8.55. The number of nitrogens with one attached hydrogen (secondary N) is 2. The van der Waals surface area contributed by atoms with Crippen LogP contribution in [0, 0.1) is 5.41 Å². The monoisotopic (exact) mass is 398 g/mol. The molecule has 29 heavy (non-hydrogen) atoms. The number of carbonyl (C=O) groups excluding carboxylic acids is 2. The number of ketones is 1. The number of methoxy groups -OCH3 is 1. The second-order valence-electron chi connectivity index (χ2n) is 8.79. The van der Waals surface area contributed by atoms with Crippen LogP contribution in [0.1, 0.15) is 51.9 Å². The number of hydrogen-bond donors (Lipinski definition) is 2. The van der Waals surface area contributed by atoms with E-state index >= 15 is 0 Å². The van der Waals surface area contributed by atoms with Crippen molar-refractivity contribution in [2.75, 3.05) is 17.7 Å². The van der Waals surface area contributed by atoms with Crippen LogP contribution >= 0.6 is 0 Å². The molecule has 1 amide bonds. The average Bonchev–Trinajstić information content (AvgIpc) is 2.60. The Bertz CT molecular complexity index is 892. The van der Waals surface area contributed by atoms with Crippen molar-refractivity contribution in [1.82, 2.24) is 0 Å². The van der Waals surface area contributed by atoms with Crippen LogP contribution in [-0.2, 0) is 4.74 Å².